The van der Waals surface area contributed by atoms with Gasteiger partial charge in [-0.3, -0.25) is 0 Å². The van der Waals surface area contributed by atoms with Gasteiger partial charge in [-0.2, -0.15) is 0 Å². The Morgan fingerprint density at radius 1 is 1.04 bits per heavy atom. The Hall–Kier alpha value is -2.33. The summed E-state index contributed by atoms with van der Waals surface area (Å²) in [5, 5.41) is 1.51. The van der Waals surface area contributed by atoms with Gasteiger partial charge < -0.3 is 9.47 Å². The van der Waals surface area contributed by atoms with E-state index in [9.17, 15) is 4.39 Å². The highest BCUT2D eigenvalue weighted by molar-refractivity contribution is 6.31. The van der Waals surface area contributed by atoms with Crippen molar-refractivity contribution in [3.8, 4) is 11.6 Å². The molecule has 3 nitrogen and oxygen atoms in total. The van der Waals surface area contributed by atoms with E-state index >= 15 is 0 Å². The summed E-state index contributed by atoms with van der Waals surface area (Å²) in [4.78, 5) is 4.47. The van der Waals surface area contributed by atoms with Crippen LogP contribution in [0.1, 0.15) is 11.1 Å². The number of halogens is 2. The summed E-state index contributed by atoms with van der Waals surface area (Å²) in [6, 6.07) is 12.4. The van der Waals surface area contributed by atoms with Crippen LogP contribution in [0, 0.1) is 5.82 Å². The van der Waals surface area contributed by atoms with Gasteiger partial charge in [0.25, 0.3) is 0 Å². The van der Waals surface area contributed by atoms with Crippen LogP contribution in [0.5, 0.6) is 11.6 Å². The SMILES string of the molecule is COc1cccc(Cc2cc3cc(Cl)ccc3nc2OC)c1F. The molecule has 0 N–H and O–H groups in total. The summed E-state index contributed by atoms with van der Waals surface area (Å²) in [6.07, 6.45) is 0.349. The Morgan fingerprint density at radius 2 is 1.87 bits per heavy atom. The summed E-state index contributed by atoms with van der Waals surface area (Å²) >= 11 is 6.03. The molecule has 0 fully saturated rings. The third-order valence-electron chi connectivity index (χ3n) is 3.65. The molecule has 0 saturated heterocycles. The summed E-state index contributed by atoms with van der Waals surface area (Å²) in [7, 11) is 3.00. The molecule has 0 saturated carbocycles. The number of nitrogens with zero attached hydrogens (tertiary/aromatic N) is 1. The summed E-state index contributed by atoms with van der Waals surface area (Å²) in [6.45, 7) is 0. The molecule has 0 spiro atoms. The highest BCUT2D eigenvalue weighted by atomic mass is 35.5. The van der Waals surface area contributed by atoms with Crippen molar-refractivity contribution < 1.29 is 13.9 Å². The number of methoxy groups -OCH3 is 2. The molecule has 0 radical (unpaired) electrons. The van der Waals surface area contributed by atoms with Crippen molar-refractivity contribution in [2.45, 2.75) is 6.42 Å². The van der Waals surface area contributed by atoms with E-state index < -0.39 is 0 Å². The van der Waals surface area contributed by atoms with Crippen molar-refractivity contribution in [1.82, 2.24) is 4.98 Å². The number of fused-ring (bicyclic) bond motifs is 1. The fourth-order valence-corrected chi connectivity index (χ4v) is 2.71. The topological polar surface area (TPSA) is 31.4 Å². The Kier molecular flexibility index (Phi) is 4.35. The fourth-order valence-electron chi connectivity index (χ4n) is 2.53. The van der Waals surface area contributed by atoms with Gasteiger partial charge >= 0.3 is 0 Å². The molecule has 118 valence electrons. The molecule has 0 atom stereocenters. The van der Waals surface area contributed by atoms with Gasteiger partial charge in [0.2, 0.25) is 5.88 Å². The van der Waals surface area contributed by atoms with Crippen molar-refractivity contribution in [3.63, 3.8) is 0 Å². The minimum Gasteiger partial charge on any atom is -0.494 e. The molecule has 0 bridgehead atoms. The molecule has 23 heavy (non-hydrogen) atoms. The monoisotopic (exact) mass is 331 g/mol. The molecule has 3 rings (SSSR count). The van der Waals surface area contributed by atoms with Crippen LogP contribution in [0.25, 0.3) is 10.9 Å². The fraction of sp³-hybridized carbons (Fsp3) is 0.167. The lowest BCUT2D eigenvalue weighted by Gasteiger charge is -2.11. The van der Waals surface area contributed by atoms with E-state index in [1.165, 1.54) is 7.11 Å². The van der Waals surface area contributed by atoms with Gasteiger partial charge in [-0.15, -0.1) is 0 Å². The average molecular weight is 332 g/mol. The lowest BCUT2D eigenvalue weighted by Crippen LogP contribution is -2.00. The Labute approximate surface area is 138 Å². The van der Waals surface area contributed by atoms with E-state index in [4.69, 9.17) is 21.1 Å². The van der Waals surface area contributed by atoms with Crippen molar-refractivity contribution in [3.05, 3.63) is 64.4 Å². The first-order valence-electron chi connectivity index (χ1n) is 7.07. The predicted octanol–water partition coefficient (Wildman–Crippen LogP) is 4.64. The van der Waals surface area contributed by atoms with Crippen LogP contribution in [0.3, 0.4) is 0 Å². The van der Waals surface area contributed by atoms with Gasteiger partial charge in [-0.05, 0) is 35.9 Å². The zero-order valence-corrected chi connectivity index (χ0v) is 13.5. The number of aromatic nitrogens is 1. The van der Waals surface area contributed by atoms with E-state index in [0.29, 0.717) is 22.9 Å². The average Bonchev–Trinajstić information content (AvgIpc) is 2.56. The molecule has 0 aliphatic rings. The molecule has 0 amide bonds. The lowest BCUT2D eigenvalue weighted by atomic mass is 10.0. The first-order chi connectivity index (χ1) is 11.1. The van der Waals surface area contributed by atoms with Gasteiger partial charge in [0.1, 0.15) is 0 Å². The van der Waals surface area contributed by atoms with Gasteiger partial charge in [0.05, 0.1) is 19.7 Å². The summed E-state index contributed by atoms with van der Waals surface area (Å²) in [5.74, 6) is 0.323. The number of ether oxygens (including phenoxy) is 2. The number of rotatable bonds is 4. The minimum absolute atomic E-state index is 0.221. The number of pyridine rings is 1. The van der Waals surface area contributed by atoms with E-state index in [0.717, 1.165) is 16.5 Å². The van der Waals surface area contributed by atoms with Crippen LogP contribution in [-0.2, 0) is 6.42 Å². The number of hydrogen-bond acceptors (Lipinski definition) is 3. The molecule has 0 unspecified atom stereocenters. The van der Waals surface area contributed by atoms with Gasteiger partial charge in [-0.1, -0.05) is 23.7 Å². The largest absolute Gasteiger partial charge is 0.494 e. The van der Waals surface area contributed by atoms with E-state index in [1.54, 1.807) is 31.4 Å². The Balaban J connectivity index is 2.08. The van der Waals surface area contributed by atoms with E-state index in [1.807, 2.05) is 18.2 Å². The van der Waals surface area contributed by atoms with Gasteiger partial charge in [0.15, 0.2) is 11.6 Å². The normalized spacial score (nSPS) is 10.8. The smallest absolute Gasteiger partial charge is 0.217 e. The molecule has 0 aliphatic heterocycles. The van der Waals surface area contributed by atoms with Crippen LogP contribution >= 0.6 is 11.6 Å². The van der Waals surface area contributed by atoms with Crippen LogP contribution in [-0.4, -0.2) is 19.2 Å². The quantitative estimate of drug-likeness (QED) is 0.698. The molecule has 3 aromatic rings. The summed E-state index contributed by atoms with van der Waals surface area (Å²) in [5.41, 5.74) is 2.08. The van der Waals surface area contributed by atoms with Crippen LogP contribution in [0.15, 0.2) is 42.5 Å². The first kappa shape index (κ1) is 15.6. The van der Waals surface area contributed by atoms with Crippen LogP contribution in [0.4, 0.5) is 4.39 Å². The second-order valence-electron chi connectivity index (χ2n) is 5.10. The zero-order valence-electron chi connectivity index (χ0n) is 12.8. The number of benzene rings is 2. The van der Waals surface area contributed by atoms with Crippen LogP contribution < -0.4 is 9.47 Å². The third-order valence-corrected chi connectivity index (χ3v) is 3.89. The Bertz CT molecular complexity index is 867. The minimum atomic E-state index is -0.372. The lowest BCUT2D eigenvalue weighted by molar-refractivity contribution is 0.383. The maximum absolute atomic E-state index is 14.4. The molecule has 1 heterocycles. The molecule has 0 aliphatic carbocycles. The third kappa shape index (κ3) is 3.08. The standard InChI is InChI=1S/C18H15ClFNO2/c1-22-16-5-3-4-11(17(16)20)8-13-9-12-10-14(19)6-7-15(12)21-18(13)23-2/h3-7,9-10H,8H2,1-2H3. The van der Waals surface area contributed by atoms with Crippen molar-refractivity contribution in [1.29, 1.82) is 0 Å². The van der Waals surface area contributed by atoms with Crippen molar-refractivity contribution in [2.24, 2.45) is 0 Å². The second-order valence-corrected chi connectivity index (χ2v) is 5.54. The second kappa shape index (κ2) is 6.42. The molecular formula is C18H15ClFNO2. The number of hydrogen-bond donors (Lipinski definition) is 0. The molecular weight excluding hydrogens is 317 g/mol. The maximum Gasteiger partial charge on any atom is 0.217 e. The first-order valence-corrected chi connectivity index (χ1v) is 7.44. The van der Waals surface area contributed by atoms with E-state index in [-0.39, 0.29) is 11.6 Å². The van der Waals surface area contributed by atoms with Crippen molar-refractivity contribution in [2.75, 3.05) is 14.2 Å². The van der Waals surface area contributed by atoms with Crippen LogP contribution in [0.2, 0.25) is 5.02 Å². The predicted molar refractivity (Wildman–Crippen MR) is 89.1 cm³/mol. The Morgan fingerprint density at radius 3 is 2.61 bits per heavy atom. The van der Waals surface area contributed by atoms with Gasteiger partial charge in [0, 0.05) is 22.4 Å². The molecule has 1 aromatic heterocycles. The van der Waals surface area contributed by atoms with Crippen molar-refractivity contribution >= 4 is 22.5 Å². The van der Waals surface area contributed by atoms with E-state index in [2.05, 4.69) is 4.98 Å². The zero-order chi connectivity index (χ0) is 16.4. The maximum atomic E-state index is 14.4. The molecule has 2 aromatic carbocycles. The highest BCUT2D eigenvalue weighted by Crippen LogP contribution is 2.29. The molecule has 5 heteroatoms. The van der Waals surface area contributed by atoms with Gasteiger partial charge in [-0.25, -0.2) is 9.37 Å². The summed E-state index contributed by atoms with van der Waals surface area (Å²) < 4.78 is 24.7. The highest BCUT2D eigenvalue weighted by Gasteiger charge is 2.13.